The van der Waals surface area contributed by atoms with Crippen LogP contribution in [0, 0.1) is 5.92 Å². The first-order chi connectivity index (χ1) is 15.8. The monoisotopic (exact) mass is 452 g/mol. The number of amides is 1. The van der Waals surface area contributed by atoms with Gasteiger partial charge in [0.05, 0.1) is 0 Å². The van der Waals surface area contributed by atoms with Crippen LogP contribution in [0.5, 0.6) is 5.75 Å². The second kappa shape index (κ2) is 10.1. The third-order valence-electron chi connectivity index (χ3n) is 6.16. The smallest absolute Gasteiger partial charge is 0.410 e. The molecule has 3 unspecified atom stereocenters. The van der Waals surface area contributed by atoms with Gasteiger partial charge in [0.15, 0.2) is 0 Å². The molecule has 1 heterocycles. The van der Waals surface area contributed by atoms with E-state index in [0.29, 0.717) is 24.9 Å². The Morgan fingerprint density at radius 3 is 2.36 bits per heavy atom. The molecule has 1 amide bonds. The van der Waals surface area contributed by atoms with Crippen molar-refractivity contribution in [2.75, 3.05) is 32.8 Å². The number of aliphatic hydroxyl groups excluding tert-OH is 1. The molecule has 6 nitrogen and oxygen atoms in total. The predicted octanol–water partition coefficient (Wildman–Crippen LogP) is 4.15. The quantitative estimate of drug-likeness (QED) is 0.619. The lowest BCUT2D eigenvalue weighted by atomic mass is 9.98. The molecule has 1 N–H and O–H groups in total. The molecule has 2 aromatic rings. The summed E-state index contributed by atoms with van der Waals surface area (Å²) in [5.41, 5.74) is 0.772. The lowest BCUT2D eigenvalue weighted by molar-refractivity contribution is -0.00703. The van der Waals surface area contributed by atoms with Gasteiger partial charge in [0.2, 0.25) is 0 Å². The van der Waals surface area contributed by atoms with E-state index in [2.05, 4.69) is 29.2 Å². The zero-order valence-corrected chi connectivity index (χ0v) is 19.9. The molecule has 6 heteroatoms. The molecule has 0 spiro atoms. The number of carbonyl (C=O) groups is 1. The fourth-order valence-electron chi connectivity index (χ4n) is 4.53. The molecular weight excluding hydrogens is 416 g/mol. The number of rotatable bonds is 9. The summed E-state index contributed by atoms with van der Waals surface area (Å²) in [6, 6.07) is 20.2. The second-order valence-electron chi connectivity index (χ2n) is 10.3. The fourth-order valence-corrected chi connectivity index (χ4v) is 4.53. The molecule has 178 valence electrons. The van der Waals surface area contributed by atoms with E-state index in [4.69, 9.17) is 9.47 Å². The van der Waals surface area contributed by atoms with Crippen molar-refractivity contribution in [2.24, 2.45) is 5.92 Å². The van der Waals surface area contributed by atoms with Crippen LogP contribution >= 0.6 is 0 Å². The van der Waals surface area contributed by atoms with Crippen molar-refractivity contribution in [1.82, 2.24) is 9.80 Å². The molecule has 2 aliphatic rings. The van der Waals surface area contributed by atoms with Crippen molar-refractivity contribution >= 4 is 6.09 Å². The number of likely N-dealkylation sites (tertiary alicyclic amines) is 1. The Balaban J connectivity index is 1.26. The molecular formula is C27H36N2O4. The molecule has 33 heavy (non-hydrogen) atoms. The minimum absolute atomic E-state index is 0.196. The van der Waals surface area contributed by atoms with E-state index in [-0.39, 0.29) is 18.7 Å². The largest absolute Gasteiger partial charge is 0.491 e. The van der Waals surface area contributed by atoms with Crippen LogP contribution < -0.4 is 4.74 Å². The molecule has 0 radical (unpaired) electrons. The molecule has 1 aliphatic heterocycles. The standard InChI is InChI=1S/C27H36N2O4/c1-27(2,3)33-26(31)29(25-14-24(25)21-10-6-4-7-11-21)17-20-15-28(16-20)18-22(30)19-32-23-12-8-5-9-13-23/h4-13,20,22,24-25,30H,14-19H2,1-3H3. The summed E-state index contributed by atoms with van der Waals surface area (Å²) in [7, 11) is 0. The maximum Gasteiger partial charge on any atom is 0.410 e. The van der Waals surface area contributed by atoms with Crippen LogP contribution in [-0.2, 0) is 4.74 Å². The summed E-state index contributed by atoms with van der Waals surface area (Å²) in [6.45, 7) is 9.00. The highest BCUT2D eigenvalue weighted by atomic mass is 16.6. The van der Waals surface area contributed by atoms with E-state index < -0.39 is 11.7 Å². The highest BCUT2D eigenvalue weighted by molar-refractivity contribution is 5.69. The molecule has 2 aromatic carbocycles. The molecule has 4 rings (SSSR count). The van der Waals surface area contributed by atoms with Gasteiger partial charge in [-0.1, -0.05) is 48.5 Å². The topological polar surface area (TPSA) is 62.2 Å². The van der Waals surface area contributed by atoms with Crippen LogP contribution in [0.2, 0.25) is 0 Å². The van der Waals surface area contributed by atoms with Gasteiger partial charge in [0, 0.05) is 44.1 Å². The Morgan fingerprint density at radius 2 is 1.73 bits per heavy atom. The number of nitrogens with zero attached hydrogens (tertiary/aromatic N) is 2. The van der Waals surface area contributed by atoms with E-state index in [9.17, 15) is 9.90 Å². The summed E-state index contributed by atoms with van der Waals surface area (Å²) in [5.74, 6) is 1.53. The molecule has 1 aliphatic carbocycles. The molecule has 0 aromatic heterocycles. The van der Waals surface area contributed by atoms with Crippen LogP contribution in [-0.4, -0.2) is 71.5 Å². The van der Waals surface area contributed by atoms with E-state index >= 15 is 0 Å². The van der Waals surface area contributed by atoms with E-state index in [1.54, 1.807) is 0 Å². The number of benzene rings is 2. The molecule has 2 fully saturated rings. The van der Waals surface area contributed by atoms with Crippen molar-refractivity contribution in [3.8, 4) is 5.75 Å². The third-order valence-corrected chi connectivity index (χ3v) is 6.16. The van der Waals surface area contributed by atoms with Gasteiger partial charge in [-0.3, -0.25) is 4.90 Å². The normalized spacial score (nSPS) is 21.7. The Morgan fingerprint density at radius 1 is 1.09 bits per heavy atom. The van der Waals surface area contributed by atoms with E-state index in [1.807, 2.05) is 62.1 Å². The third kappa shape index (κ3) is 6.71. The molecule has 0 bridgehead atoms. The molecule has 1 saturated heterocycles. The summed E-state index contributed by atoms with van der Waals surface area (Å²) in [4.78, 5) is 17.2. The number of ether oxygens (including phenoxy) is 2. The predicted molar refractivity (Wildman–Crippen MR) is 128 cm³/mol. The highest BCUT2D eigenvalue weighted by Crippen LogP contribution is 2.45. The van der Waals surface area contributed by atoms with Crippen LogP contribution in [0.1, 0.15) is 38.7 Å². The number of hydrogen-bond acceptors (Lipinski definition) is 5. The SMILES string of the molecule is CC(C)(C)OC(=O)N(CC1CN(CC(O)COc2ccccc2)C1)C1CC1c1ccccc1. The van der Waals surface area contributed by atoms with E-state index in [1.165, 1.54) is 5.56 Å². The van der Waals surface area contributed by atoms with Gasteiger partial charge in [-0.25, -0.2) is 4.79 Å². The first-order valence-corrected chi connectivity index (χ1v) is 11.9. The first kappa shape index (κ1) is 23.6. The average Bonchev–Trinajstić information content (AvgIpc) is 3.54. The van der Waals surface area contributed by atoms with Gasteiger partial charge in [0.25, 0.3) is 0 Å². The van der Waals surface area contributed by atoms with Crippen LogP contribution in [0.15, 0.2) is 60.7 Å². The number of aliphatic hydroxyl groups is 1. The Hall–Kier alpha value is -2.57. The number of para-hydroxylation sites is 1. The number of carbonyl (C=O) groups excluding carboxylic acids is 1. The number of β-amino-alcohol motifs (C(OH)–C–C–N with tert-alkyl or cyclic N) is 1. The first-order valence-electron chi connectivity index (χ1n) is 11.9. The maximum atomic E-state index is 13.0. The minimum Gasteiger partial charge on any atom is -0.491 e. The van der Waals surface area contributed by atoms with Gasteiger partial charge in [-0.2, -0.15) is 0 Å². The van der Waals surface area contributed by atoms with Crippen molar-refractivity contribution in [3.05, 3.63) is 66.2 Å². The lowest BCUT2D eigenvalue weighted by Gasteiger charge is -2.42. The minimum atomic E-state index is -0.543. The summed E-state index contributed by atoms with van der Waals surface area (Å²) in [5, 5.41) is 10.3. The molecule has 1 saturated carbocycles. The van der Waals surface area contributed by atoms with Gasteiger partial charge in [0.1, 0.15) is 24.1 Å². The average molecular weight is 453 g/mol. The highest BCUT2D eigenvalue weighted by Gasteiger charge is 2.47. The zero-order chi connectivity index (χ0) is 23.4. The van der Waals surface area contributed by atoms with Gasteiger partial charge < -0.3 is 19.5 Å². The van der Waals surface area contributed by atoms with Crippen molar-refractivity contribution in [2.45, 2.75) is 50.9 Å². The van der Waals surface area contributed by atoms with Crippen LogP contribution in [0.3, 0.4) is 0 Å². The summed E-state index contributed by atoms with van der Waals surface area (Å²) >= 11 is 0. The second-order valence-corrected chi connectivity index (χ2v) is 10.3. The zero-order valence-electron chi connectivity index (χ0n) is 19.9. The summed E-state index contributed by atoms with van der Waals surface area (Å²) in [6.07, 6.45) is 0.217. The number of hydrogen-bond donors (Lipinski definition) is 1. The van der Waals surface area contributed by atoms with Crippen LogP contribution in [0.25, 0.3) is 0 Å². The van der Waals surface area contributed by atoms with Gasteiger partial charge >= 0.3 is 6.09 Å². The Kier molecular flexibility index (Phi) is 7.25. The van der Waals surface area contributed by atoms with Crippen molar-refractivity contribution in [1.29, 1.82) is 0 Å². The summed E-state index contributed by atoms with van der Waals surface area (Å²) < 4.78 is 11.4. The lowest BCUT2D eigenvalue weighted by Crippen LogP contribution is -2.55. The van der Waals surface area contributed by atoms with Crippen molar-refractivity contribution in [3.63, 3.8) is 0 Å². The Labute approximate surface area is 197 Å². The van der Waals surface area contributed by atoms with Gasteiger partial charge in [-0.05, 0) is 44.9 Å². The Bertz CT molecular complexity index is 893. The molecule has 3 atom stereocenters. The maximum absolute atomic E-state index is 13.0. The van der Waals surface area contributed by atoms with Crippen molar-refractivity contribution < 1.29 is 19.4 Å². The van der Waals surface area contributed by atoms with E-state index in [0.717, 1.165) is 25.3 Å². The fraction of sp³-hybridized carbons (Fsp3) is 0.519. The van der Waals surface area contributed by atoms with Gasteiger partial charge in [-0.15, -0.1) is 0 Å². The van der Waals surface area contributed by atoms with Crippen LogP contribution in [0.4, 0.5) is 4.79 Å².